The summed E-state index contributed by atoms with van der Waals surface area (Å²) in [4.78, 5) is 12.3. The Morgan fingerprint density at radius 2 is 1.92 bits per heavy atom. The molecule has 0 heterocycles. The number of hydrogen-bond acceptors (Lipinski definition) is 4. The number of alkyl carbamates (subject to hydrolysis) is 1. The van der Waals surface area contributed by atoms with Crippen molar-refractivity contribution in [1.82, 2.24) is 5.32 Å². The van der Waals surface area contributed by atoms with Crippen LogP contribution in [0.25, 0.3) is 0 Å². The molecule has 1 amide bonds. The predicted octanol–water partition coefficient (Wildman–Crippen LogP) is 5.87. The summed E-state index contributed by atoms with van der Waals surface area (Å²) < 4.78 is 11.5. The lowest BCUT2D eigenvalue weighted by molar-refractivity contribution is 0.0795. The second kappa shape index (κ2) is 10.5. The van der Waals surface area contributed by atoms with Gasteiger partial charge in [0.2, 0.25) is 0 Å². The number of ether oxygens (including phenoxy) is 1. The third kappa shape index (κ3) is 9.00. The standard InChI is InChI=1S/C20H37NO3S/c1-7-19(3,4)15-23-25-16(2)20(5,6)21-18(22)24-17-13-11-9-8-10-12-14-17/h8-9,16-17H,7,10-15H2,1-6H3,(H,21,22)/b9-8-. The van der Waals surface area contributed by atoms with Gasteiger partial charge in [0.15, 0.2) is 0 Å². The number of rotatable bonds is 8. The number of amides is 1. The molecule has 1 rings (SSSR count). The first-order chi connectivity index (χ1) is 11.7. The number of nitrogens with one attached hydrogen (secondary N) is 1. The molecule has 4 nitrogen and oxygen atoms in total. The molecule has 0 fully saturated rings. The Labute approximate surface area is 158 Å². The normalized spacial score (nSPS) is 21.8. The number of carbonyl (C=O) groups is 1. The number of carbonyl (C=O) groups excluding carboxylic acids is 1. The van der Waals surface area contributed by atoms with Crippen molar-refractivity contribution in [1.29, 1.82) is 0 Å². The van der Waals surface area contributed by atoms with E-state index in [0.717, 1.165) is 38.5 Å². The SMILES string of the molecule is CCC(C)(C)COSC(C)C(C)(C)NC(=O)OC1CC/C=C\CCC1. The summed E-state index contributed by atoms with van der Waals surface area (Å²) in [5, 5.41) is 3.14. The average Bonchev–Trinajstić information content (AvgIpc) is 2.49. The second-order valence-electron chi connectivity index (χ2n) is 8.37. The highest BCUT2D eigenvalue weighted by Crippen LogP contribution is 2.28. The molecule has 25 heavy (non-hydrogen) atoms. The van der Waals surface area contributed by atoms with Gasteiger partial charge in [-0.2, -0.15) is 0 Å². The Balaban J connectivity index is 2.40. The Morgan fingerprint density at radius 3 is 2.60 bits per heavy atom. The maximum absolute atomic E-state index is 12.3. The lowest BCUT2D eigenvalue weighted by Crippen LogP contribution is -2.50. The summed E-state index contributed by atoms with van der Waals surface area (Å²) in [6.07, 6.45) is 10.2. The van der Waals surface area contributed by atoms with Gasteiger partial charge in [-0.25, -0.2) is 4.79 Å². The summed E-state index contributed by atoms with van der Waals surface area (Å²) in [5.41, 5.74) is -0.227. The minimum atomic E-state index is -0.403. The molecule has 0 aromatic rings. The van der Waals surface area contributed by atoms with Gasteiger partial charge in [-0.05, 0) is 76.8 Å². The van der Waals surface area contributed by atoms with Gasteiger partial charge < -0.3 is 14.2 Å². The van der Waals surface area contributed by atoms with Crippen molar-refractivity contribution in [3.8, 4) is 0 Å². The molecule has 1 aliphatic rings. The van der Waals surface area contributed by atoms with E-state index in [0.29, 0.717) is 6.61 Å². The molecule has 0 saturated heterocycles. The fourth-order valence-electron chi connectivity index (χ4n) is 2.31. The lowest BCUT2D eigenvalue weighted by Gasteiger charge is -2.33. The fourth-order valence-corrected chi connectivity index (χ4v) is 3.20. The molecular formula is C20H37NO3S. The van der Waals surface area contributed by atoms with E-state index in [4.69, 9.17) is 8.92 Å². The van der Waals surface area contributed by atoms with Gasteiger partial charge in [0, 0.05) is 0 Å². The first kappa shape index (κ1) is 22.4. The van der Waals surface area contributed by atoms with Crippen LogP contribution in [0.4, 0.5) is 4.79 Å². The summed E-state index contributed by atoms with van der Waals surface area (Å²) in [6, 6.07) is 0. The van der Waals surface area contributed by atoms with Gasteiger partial charge in [-0.15, -0.1) is 0 Å². The highest BCUT2D eigenvalue weighted by atomic mass is 32.2. The minimum Gasteiger partial charge on any atom is -0.446 e. The molecule has 1 N–H and O–H groups in total. The zero-order chi connectivity index (χ0) is 18.9. The third-order valence-electron chi connectivity index (χ3n) is 5.05. The summed E-state index contributed by atoms with van der Waals surface area (Å²) in [5.74, 6) is 0. The van der Waals surface area contributed by atoms with Crippen LogP contribution < -0.4 is 5.32 Å². The highest BCUT2D eigenvalue weighted by Gasteiger charge is 2.31. The van der Waals surface area contributed by atoms with Crippen LogP contribution in [0.2, 0.25) is 0 Å². The van der Waals surface area contributed by atoms with E-state index in [2.05, 4.69) is 45.2 Å². The molecule has 1 aliphatic carbocycles. The van der Waals surface area contributed by atoms with Crippen LogP contribution in [0.1, 0.15) is 80.1 Å². The first-order valence-corrected chi connectivity index (χ1v) is 10.4. The van der Waals surface area contributed by atoms with Crippen molar-refractivity contribution in [3.63, 3.8) is 0 Å². The van der Waals surface area contributed by atoms with E-state index in [-0.39, 0.29) is 22.9 Å². The van der Waals surface area contributed by atoms with E-state index < -0.39 is 5.54 Å². The molecule has 0 radical (unpaired) electrons. The molecule has 0 aromatic heterocycles. The second-order valence-corrected chi connectivity index (χ2v) is 9.51. The van der Waals surface area contributed by atoms with Crippen LogP contribution in [0.15, 0.2) is 12.2 Å². The largest absolute Gasteiger partial charge is 0.446 e. The molecule has 0 aliphatic heterocycles. The van der Waals surface area contributed by atoms with Crippen molar-refractivity contribution < 1.29 is 13.7 Å². The zero-order valence-corrected chi connectivity index (χ0v) is 17.7. The van der Waals surface area contributed by atoms with E-state index >= 15 is 0 Å². The summed E-state index contributed by atoms with van der Waals surface area (Å²) >= 11 is 1.44. The van der Waals surface area contributed by atoms with Crippen molar-refractivity contribution in [2.24, 2.45) is 5.41 Å². The smallest absolute Gasteiger partial charge is 0.407 e. The molecule has 0 bridgehead atoms. The molecule has 146 valence electrons. The van der Waals surface area contributed by atoms with Crippen LogP contribution in [-0.2, 0) is 8.92 Å². The van der Waals surface area contributed by atoms with Gasteiger partial charge in [-0.1, -0.05) is 32.9 Å². The van der Waals surface area contributed by atoms with Crippen LogP contribution in [0.3, 0.4) is 0 Å². The molecule has 0 saturated carbocycles. The number of allylic oxidation sites excluding steroid dienone is 2. The molecule has 5 heteroatoms. The van der Waals surface area contributed by atoms with E-state index in [1.807, 2.05) is 13.8 Å². The fraction of sp³-hybridized carbons (Fsp3) is 0.850. The van der Waals surface area contributed by atoms with Crippen LogP contribution in [0.5, 0.6) is 0 Å². The monoisotopic (exact) mass is 371 g/mol. The van der Waals surface area contributed by atoms with Crippen molar-refractivity contribution in [3.05, 3.63) is 12.2 Å². The Hall–Kier alpha value is -0.680. The third-order valence-corrected chi connectivity index (χ3v) is 6.18. The lowest BCUT2D eigenvalue weighted by atomic mass is 9.92. The van der Waals surface area contributed by atoms with Crippen molar-refractivity contribution in [2.45, 2.75) is 97.0 Å². The van der Waals surface area contributed by atoms with Gasteiger partial charge in [0.1, 0.15) is 6.10 Å². The van der Waals surface area contributed by atoms with Gasteiger partial charge in [0.25, 0.3) is 0 Å². The highest BCUT2D eigenvalue weighted by molar-refractivity contribution is 7.95. The Bertz CT molecular complexity index is 435. The predicted molar refractivity (Wildman–Crippen MR) is 107 cm³/mol. The van der Waals surface area contributed by atoms with Crippen molar-refractivity contribution in [2.75, 3.05) is 6.61 Å². The molecule has 0 aromatic carbocycles. The first-order valence-electron chi connectivity index (χ1n) is 9.58. The van der Waals surface area contributed by atoms with Crippen molar-refractivity contribution >= 4 is 18.1 Å². The molecule has 2 atom stereocenters. The quantitative estimate of drug-likeness (QED) is 0.428. The number of hydrogen-bond donors (Lipinski definition) is 1. The Morgan fingerprint density at radius 1 is 1.24 bits per heavy atom. The zero-order valence-electron chi connectivity index (χ0n) is 16.9. The van der Waals surface area contributed by atoms with Gasteiger partial charge >= 0.3 is 6.09 Å². The van der Waals surface area contributed by atoms with E-state index in [1.54, 1.807) is 0 Å². The van der Waals surface area contributed by atoms with Gasteiger partial charge in [-0.3, -0.25) is 0 Å². The van der Waals surface area contributed by atoms with Crippen LogP contribution >= 0.6 is 12.0 Å². The maximum atomic E-state index is 12.3. The molecule has 2 unspecified atom stereocenters. The average molecular weight is 372 g/mol. The van der Waals surface area contributed by atoms with E-state index in [9.17, 15) is 4.79 Å². The topological polar surface area (TPSA) is 47.6 Å². The van der Waals surface area contributed by atoms with Crippen LogP contribution in [-0.4, -0.2) is 29.6 Å². The molecule has 0 spiro atoms. The Kier molecular flexibility index (Phi) is 9.36. The van der Waals surface area contributed by atoms with E-state index in [1.165, 1.54) is 12.0 Å². The van der Waals surface area contributed by atoms with Crippen LogP contribution in [0, 0.1) is 5.41 Å². The summed E-state index contributed by atoms with van der Waals surface area (Å²) in [6.45, 7) is 13.4. The van der Waals surface area contributed by atoms with Gasteiger partial charge in [0.05, 0.1) is 17.4 Å². The summed E-state index contributed by atoms with van der Waals surface area (Å²) in [7, 11) is 0. The maximum Gasteiger partial charge on any atom is 0.407 e. The molecular weight excluding hydrogens is 334 g/mol. The minimum absolute atomic E-state index is 0.0188.